The second-order valence-corrected chi connectivity index (χ2v) is 4.69. The van der Waals surface area contributed by atoms with Gasteiger partial charge in [0.2, 0.25) is 0 Å². The van der Waals surface area contributed by atoms with Crippen molar-refractivity contribution in [2.45, 2.75) is 18.3 Å². The number of aliphatic carboxylic acids is 1. The summed E-state index contributed by atoms with van der Waals surface area (Å²) in [5.74, 6) is -2.76. The Morgan fingerprint density at radius 2 is 1.78 bits per heavy atom. The van der Waals surface area contributed by atoms with Crippen LogP contribution in [0.2, 0.25) is 0 Å². The molecule has 0 radical (unpaired) electrons. The van der Waals surface area contributed by atoms with E-state index in [-0.39, 0.29) is 0 Å². The molecule has 8 heteroatoms. The van der Waals surface area contributed by atoms with E-state index in [9.17, 15) is 13.2 Å². The molecule has 0 aromatic carbocycles. The van der Waals surface area contributed by atoms with Gasteiger partial charge in [-0.1, -0.05) is 0 Å². The molecule has 2 N–H and O–H groups in total. The summed E-state index contributed by atoms with van der Waals surface area (Å²) in [6.07, 6.45) is -5.08. The standard InChI is InChI=1S/C8H17N3.C2HF3O2/c1-10(2)8-5-11(6-8)7-3-9-4-7;3-2(4,5)1(6)7/h7-9H,3-6H2,1-2H3;(H,6,7). The van der Waals surface area contributed by atoms with Gasteiger partial charge in [0.25, 0.3) is 0 Å². The Morgan fingerprint density at radius 1 is 1.33 bits per heavy atom. The van der Waals surface area contributed by atoms with Crippen molar-refractivity contribution in [2.24, 2.45) is 0 Å². The average molecular weight is 269 g/mol. The van der Waals surface area contributed by atoms with E-state index in [1.807, 2.05) is 0 Å². The van der Waals surface area contributed by atoms with Gasteiger partial charge in [-0.2, -0.15) is 13.2 Å². The Hall–Kier alpha value is -0.860. The molecule has 2 aliphatic heterocycles. The first-order valence-electron chi connectivity index (χ1n) is 5.63. The lowest BCUT2D eigenvalue weighted by atomic mass is 10.0. The number of likely N-dealkylation sites (tertiary alicyclic amines) is 1. The molecule has 0 amide bonds. The Bertz CT molecular complexity index is 287. The van der Waals surface area contributed by atoms with Crippen LogP contribution < -0.4 is 5.32 Å². The van der Waals surface area contributed by atoms with E-state index in [4.69, 9.17) is 9.90 Å². The molecular weight excluding hydrogens is 251 g/mol. The van der Waals surface area contributed by atoms with E-state index < -0.39 is 12.1 Å². The highest BCUT2D eigenvalue weighted by Crippen LogP contribution is 2.17. The van der Waals surface area contributed by atoms with E-state index in [2.05, 4.69) is 29.2 Å². The van der Waals surface area contributed by atoms with E-state index in [1.54, 1.807) is 0 Å². The Morgan fingerprint density at radius 3 is 2.00 bits per heavy atom. The fraction of sp³-hybridized carbons (Fsp3) is 0.900. The minimum absolute atomic E-state index is 0.815. The molecule has 0 spiro atoms. The summed E-state index contributed by atoms with van der Waals surface area (Å²) in [5.41, 5.74) is 0. The van der Waals surface area contributed by atoms with Crippen LogP contribution >= 0.6 is 0 Å². The highest BCUT2D eigenvalue weighted by molar-refractivity contribution is 5.73. The topological polar surface area (TPSA) is 55.8 Å². The molecule has 2 fully saturated rings. The summed E-state index contributed by atoms with van der Waals surface area (Å²) < 4.78 is 31.7. The van der Waals surface area contributed by atoms with Crippen LogP contribution in [0.25, 0.3) is 0 Å². The first-order valence-corrected chi connectivity index (χ1v) is 5.63. The van der Waals surface area contributed by atoms with Gasteiger partial charge in [0.15, 0.2) is 0 Å². The van der Waals surface area contributed by atoms with Gasteiger partial charge >= 0.3 is 12.1 Å². The molecule has 18 heavy (non-hydrogen) atoms. The first kappa shape index (κ1) is 15.2. The predicted octanol–water partition coefficient (Wildman–Crippen LogP) is -0.163. The van der Waals surface area contributed by atoms with Gasteiger partial charge in [0.05, 0.1) is 0 Å². The highest BCUT2D eigenvalue weighted by atomic mass is 19.4. The van der Waals surface area contributed by atoms with Gasteiger partial charge in [-0.15, -0.1) is 0 Å². The largest absolute Gasteiger partial charge is 0.490 e. The number of nitrogens with one attached hydrogen (secondary N) is 1. The number of hydrogen-bond acceptors (Lipinski definition) is 4. The van der Waals surface area contributed by atoms with Crippen molar-refractivity contribution in [1.29, 1.82) is 0 Å². The number of nitrogens with zero attached hydrogens (tertiary/aromatic N) is 2. The van der Waals surface area contributed by atoms with E-state index in [0.29, 0.717) is 0 Å². The summed E-state index contributed by atoms with van der Waals surface area (Å²) in [7, 11) is 4.34. The second kappa shape index (κ2) is 5.85. The zero-order valence-electron chi connectivity index (χ0n) is 10.4. The van der Waals surface area contributed by atoms with Crippen molar-refractivity contribution in [1.82, 2.24) is 15.1 Å². The number of alkyl halides is 3. The average Bonchev–Trinajstić information content (AvgIpc) is 2.05. The molecule has 0 saturated carbocycles. The van der Waals surface area contributed by atoms with Crippen LogP contribution in [0.3, 0.4) is 0 Å². The van der Waals surface area contributed by atoms with Crippen molar-refractivity contribution in [3.8, 4) is 0 Å². The van der Waals surface area contributed by atoms with Crippen LogP contribution in [-0.2, 0) is 4.79 Å². The maximum atomic E-state index is 10.6. The molecule has 2 heterocycles. The van der Waals surface area contributed by atoms with Crippen LogP contribution in [-0.4, -0.2) is 79.4 Å². The monoisotopic (exact) mass is 269 g/mol. The molecule has 0 unspecified atom stereocenters. The van der Waals surface area contributed by atoms with Gasteiger partial charge in [0.1, 0.15) is 0 Å². The fourth-order valence-corrected chi connectivity index (χ4v) is 1.64. The number of halogens is 3. The molecule has 0 aliphatic carbocycles. The third kappa shape index (κ3) is 4.11. The van der Waals surface area contributed by atoms with Crippen molar-refractivity contribution < 1.29 is 23.1 Å². The Labute approximate surface area is 104 Å². The Kier molecular flexibility index (Phi) is 4.94. The van der Waals surface area contributed by atoms with Gasteiger partial charge in [-0.3, -0.25) is 4.90 Å². The highest BCUT2D eigenvalue weighted by Gasteiger charge is 2.38. The molecule has 106 valence electrons. The molecule has 2 saturated heterocycles. The number of likely N-dealkylation sites (N-methyl/N-ethyl adjacent to an activating group) is 1. The van der Waals surface area contributed by atoms with Crippen LogP contribution in [0, 0.1) is 0 Å². The molecule has 2 aliphatic rings. The predicted molar refractivity (Wildman–Crippen MR) is 59.4 cm³/mol. The minimum atomic E-state index is -5.08. The summed E-state index contributed by atoms with van der Waals surface area (Å²) in [4.78, 5) is 13.8. The van der Waals surface area contributed by atoms with E-state index in [0.717, 1.165) is 12.1 Å². The molecule has 0 aromatic heterocycles. The van der Waals surface area contributed by atoms with Gasteiger partial charge < -0.3 is 15.3 Å². The van der Waals surface area contributed by atoms with Gasteiger partial charge in [-0.05, 0) is 14.1 Å². The summed E-state index contributed by atoms with van der Waals surface area (Å²) in [6, 6.07) is 1.67. The zero-order valence-corrected chi connectivity index (χ0v) is 10.4. The van der Waals surface area contributed by atoms with Gasteiger partial charge in [-0.25, -0.2) is 4.79 Å². The SMILES string of the molecule is CN(C)C1CN(C2CNC2)C1.O=C(O)C(F)(F)F. The molecular formula is C10H18F3N3O2. The lowest BCUT2D eigenvalue weighted by Crippen LogP contribution is -2.68. The number of rotatable bonds is 2. The van der Waals surface area contributed by atoms with E-state index >= 15 is 0 Å². The maximum absolute atomic E-state index is 10.6. The third-order valence-electron chi connectivity index (χ3n) is 3.14. The third-order valence-corrected chi connectivity index (χ3v) is 3.14. The summed E-state index contributed by atoms with van der Waals surface area (Å²) in [5, 5.41) is 10.4. The van der Waals surface area contributed by atoms with Gasteiger partial charge in [0, 0.05) is 38.3 Å². The fourth-order valence-electron chi connectivity index (χ4n) is 1.64. The maximum Gasteiger partial charge on any atom is 0.490 e. The number of carboxylic acids is 1. The number of carboxylic acid groups (broad SMARTS) is 1. The molecule has 0 bridgehead atoms. The number of hydrogen-bond donors (Lipinski definition) is 2. The molecule has 2 rings (SSSR count). The second-order valence-electron chi connectivity index (χ2n) is 4.69. The van der Waals surface area contributed by atoms with Crippen molar-refractivity contribution in [3.63, 3.8) is 0 Å². The molecule has 5 nitrogen and oxygen atoms in total. The van der Waals surface area contributed by atoms with Crippen LogP contribution in [0.15, 0.2) is 0 Å². The smallest absolute Gasteiger partial charge is 0.475 e. The summed E-state index contributed by atoms with van der Waals surface area (Å²) >= 11 is 0. The lowest BCUT2D eigenvalue weighted by Gasteiger charge is -2.50. The van der Waals surface area contributed by atoms with Crippen molar-refractivity contribution in [2.75, 3.05) is 40.3 Å². The first-order chi connectivity index (χ1) is 8.21. The normalized spacial score (nSPS) is 21.9. The minimum Gasteiger partial charge on any atom is -0.475 e. The van der Waals surface area contributed by atoms with Crippen LogP contribution in [0.1, 0.15) is 0 Å². The number of carbonyl (C=O) groups is 1. The Balaban J connectivity index is 0.000000203. The molecule has 0 atom stereocenters. The van der Waals surface area contributed by atoms with Crippen molar-refractivity contribution in [3.05, 3.63) is 0 Å². The summed E-state index contributed by atoms with van der Waals surface area (Å²) in [6.45, 7) is 4.97. The zero-order chi connectivity index (χ0) is 13.9. The lowest BCUT2D eigenvalue weighted by molar-refractivity contribution is -0.192. The van der Waals surface area contributed by atoms with Crippen LogP contribution in [0.4, 0.5) is 13.2 Å². The van der Waals surface area contributed by atoms with Crippen LogP contribution in [0.5, 0.6) is 0 Å². The molecule has 0 aromatic rings. The quantitative estimate of drug-likeness (QED) is 0.729. The van der Waals surface area contributed by atoms with Crippen molar-refractivity contribution >= 4 is 5.97 Å². The van der Waals surface area contributed by atoms with E-state index in [1.165, 1.54) is 26.2 Å².